The molecular formula is C7H11BrO3. The monoisotopic (exact) mass is 222 g/mol. The molecule has 4 heteroatoms. The van der Waals surface area contributed by atoms with Crippen molar-refractivity contribution in [2.24, 2.45) is 0 Å². The van der Waals surface area contributed by atoms with Gasteiger partial charge in [0.15, 0.2) is 0 Å². The third-order valence-corrected chi connectivity index (χ3v) is 1.75. The molecule has 0 fully saturated rings. The standard InChI is InChI=1S/C7H11BrO3/c1-6(10)11-4-2-3-7(8)5-9/h5,7H,2-4H2,1H3. The number of carbonyl (C=O) groups excluding carboxylic acids is 2. The Morgan fingerprint density at radius 3 is 2.82 bits per heavy atom. The zero-order valence-electron chi connectivity index (χ0n) is 6.38. The number of hydrogen-bond donors (Lipinski definition) is 0. The molecule has 1 unspecified atom stereocenters. The quantitative estimate of drug-likeness (QED) is 0.305. The summed E-state index contributed by atoms with van der Waals surface area (Å²) in [6.07, 6.45) is 2.25. The molecule has 0 aliphatic rings. The number of aldehydes is 1. The Morgan fingerprint density at radius 2 is 2.36 bits per heavy atom. The van der Waals surface area contributed by atoms with Crippen molar-refractivity contribution in [2.45, 2.75) is 24.6 Å². The third kappa shape index (κ3) is 7.52. The molecule has 0 heterocycles. The van der Waals surface area contributed by atoms with Crippen LogP contribution in [0.5, 0.6) is 0 Å². The van der Waals surface area contributed by atoms with Gasteiger partial charge in [0, 0.05) is 6.92 Å². The number of rotatable bonds is 5. The molecule has 1 atom stereocenters. The number of alkyl halides is 1. The molecule has 0 radical (unpaired) electrons. The summed E-state index contributed by atoms with van der Waals surface area (Å²) in [5, 5.41) is 0. The van der Waals surface area contributed by atoms with Crippen LogP contribution in [-0.4, -0.2) is 23.7 Å². The van der Waals surface area contributed by atoms with Gasteiger partial charge in [0.2, 0.25) is 0 Å². The lowest BCUT2D eigenvalue weighted by Gasteiger charge is -2.01. The molecule has 0 amide bonds. The summed E-state index contributed by atoms with van der Waals surface area (Å²) in [6, 6.07) is 0. The van der Waals surface area contributed by atoms with Gasteiger partial charge in [0.1, 0.15) is 6.29 Å². The fourth-order valence-electron chi connectivity index (χ4n) is 0.562. The Balaban J connectivity index is 3.14. The summed E-state index contributed by atoms with van der Waals surface area (Å²) in [5.74, 6) is -0.276. The van der Waals surface area contributed by atoms with Crippen LogP contribution in [0.4, 0.5) is 0 Å². The van der Waals surface area contributed by atoms with Crippen molar-refractivity contribution in [1.82, 2.24) is 0 Å². The third-order valence-electron chi connectivity index (χ3n) is 1.08. The zero-order chi connectivity index (χ0) is 8.69. The van der Waals surface area contributed by atoms with Crippen LogP contribution in [0, 0.1) is 0 Å². The van der Waals surface area contributed by atoms with Crippen molar-refractivity contribution < 1.29 is 14.3 Å². The first kappa shape index (κ1) is 10.6. The molecule has 0 saturated carbocycles. The lowest BCUT2D eigenvalue weighted by atomic mass is 10.2. The van der Waals surface area contributed by atoms with E-state index in [1.54, 1.807) is 0 Å². The van der Waals surface area contributed by atoms with E-state index in [0.29, 0.717) is 19.4 Å². The number of carbonyl (C=O) groups is 2. The van der Waals surface area contributed by atoms with Crippen molar-refractivity contribution in [3.8, 4) is 0 Å². The van der Waals surface area contributed by atoms with E-state index in [1.165, 1.54) is 6.92 Å². The predicted molar refractivity (Wildman–Crippen MR) is 44.6 cm³/mol. The van der Waals surface area contributed by atoms with Crippen molar-refractivity contribution in [2.75, 3.05) is 6.61 Å². The summed E-state index contributed by atoms with van der Waals surface area (Å²) in [7, 11) is 0. The molecule has 11 heavy (non-hydrogen) atoms. The molecular weight excluding hydrogens is 212 g/mol. The largest absolute Gasteiger partial charge is 0.466 e. The molecule has 0 spiro atoms. The van der Waals surface area contributed by atoms with Crippen LogP contribution in [0.3, 0.4) is 0 Å². The fourth-order valence-corrected chi connectivity index (χ4v) is 0.886. The van der Waals surface area contributed by atoms with E-state index in [0.717, 1.165) is 6.29 Å². The normalized spacial score (nSPS) is 12.2. The first-order valence-corrected chi connectivity index (χ1v) is 4.31. The molecule has 0 bridgehead atoms. The van der Waals surface area contributed by atoms with Gasteiger partial charge in [-0.1, -0.05) is 15.9 Å². The van der Waals surface area contributed by atoms with Crippen molar-refractivity contribution in [3.05, 3.63) is 0 Å². The van der Waals surface area contributed by atoms with E-state index in [9.17, 15) is 9.59 Å². The fraction of sp³-hybridized carbons (Fsp3) is 0.714. The molecule has 0 saturated heterocycles. The van der Waals surface area contributed by atoms with E-state index in [4.69, 9.17) is 0 Å². The summed E-state index contributed by atoms with van der Waals surface area (Å²) < 4.78 is 4.66. The molecule has 64 valence electrons. The Kier molecular flexibility index (Phi) is 6.12. The van der Waals surface area contributed by atoms with Crippen molar-refractivity contribution >= 4 is 28.2 Å². The van der Waals surface area contributed by atoms with E-state index >= 15 is 0 Å². The molecule has 0 aromatic heterocycles. The van der Waals surface area contributed by atoms with Gasteiger partial charge < -0.3 is 9.53 Å². The zero-order valence-corrected chi connectivity index (χ0v) is 7.96. The Morgan fingerprint density at radius 1 is 1.73 bits per heavy atom. The van der Waals surface area contributed by atoms with Gasteiger partial charge in [-0.15, -0.1) is 0 Å². The van der Waals surface area contributed by atoms with Gasteiger partial charge in [0.05, 0.1) is 11.4 Å². The van der Waals surface area contributed by atoms with E-state index in [-0.39, 0.29) is 10.8 Å². The minimum absolute atomic E-state index is 0.113. The van der Waals surface area contributed by atoms with Crippen LogP contribution in [0.15, 0.2) is 0 Å². The second kappa shape index (κ2) is 6.34. The topological polar surface area (TPSA) is 43.4 Å². The van der Waals surface area contributed by atoms with E-state index in [2.05, 4.69) is 20.7 Å². The van der Waals surface area contributed by atoms with E-state index < -0.39 is 0 Å². The molecule has 0 aromatic carbocycles. The molecule has 0 N–H and O–H groups in total. The molecule has 0 rings (SSSR count). The summed E-state index contributed by atoms with van der Waals surface area (Å²) in [4.78, 5) is 20.2. The molecule has 3 nitrogen and oxygen atoms in total. The summed E-state index contributed by atoms with van der Waals surface area (Å²) >= 11 is 3.14. The van der Waals surface area contributed by atoms with Crippen LogP contribution in [0.1, 0.15) is 19.8 Å². The predicted octanol–water partition coefficient (Wildman–Crippen LogP) is 1.29. The Labute approximate surface area is 74.2 Å². The van der Waals surface area contributed by atoms with Gasteiger partial charge in [-0.3, -0.25) is 4.79 Å². The maximum atomic E-state index is 10.3. The smallest absolute Gasteiger partial charge is 0.302 e. The highest BCUT2D eigenvalue weighted by Crippen LogP contribution is 2.04. The molecule has 0 aliphatic heterocycles. The highest BCUT2D eigenvalue weighted by molar-refractivity contribution is 9.09. The number of hydrogen-bond acceptors (Lipinski definition) is 3. The van der Waals surface area contributed by atoms with Crippen molar-refractivity contribution in [1.29, 1.82) is 0 Å². The Bertz CT molecular complexity index is 136. The first-order chi connectivity index (χ1) is 5.16. The number of halogens is 1. The van der Waals surface area contributed by atoms with Gasteiger partial charge >= 0.3 is 5.97 Å². The van der Waals surface area contributed by atoms with Crippen LogP contribution in [0.2, 0.25) is 0 Å². The maximum absolute atomic E-state index is 10.3. The minimum Gasteiger partial charge on any atom is -0.466 e. The summed E-state index contributed by atoms with van der Waals surface area (Å²) in [6.45, 7) is 1.76. The summed E-state index contributed by atoms with van der Waals surface area (Å²) in [5.41, 5.74) is 0. The molecule has 0 aliphatic carbocycles. The van der Waals surface area contributed by atoms with Gasteiger partial charge in [-0.25, -0.2) is 0 Å². The average molecular weight is 223 g/mol. The molecule has 0 aromatic rings. The first-order valence-electron chi connectivity index (χ1n) is 3.39. The minimum atomic E-state index is -0.276. The van der Waals surface area contributed by atoms with Crippen molar-refractivity contribution in [3.63, 3.8) is 0 Å². The number of ether oxygens (including phenoxy) is 1. The number of esters is 1. The second-order valence-corrected chi connectivity index (χ2v) is 3.31. The lowest BCUT2D eigenvalue weighted by Crippen LogP contribution is -2.04. The van der Waals surface area contributed by atoms with E-state index in [1.807, 2.05) is 0 Å². The van der Waals surface area contributed by atoms with Crippen LogP contribution in [0.25, 0.3) is 0 Å². The van der Waals surface area contributed by atoms with Crippen LogP contribution in [-0.2, 0) is 14.3 Å². The van der Waals surface area contributed by atoms with Gasteiger partial charge in [-0.05, 0) is 12.8 Å². The van der Waals surface area contributed by atoms with Gasteiger partial charge in [-0.2, -0.15) is 0 Å². The maximum Gasteiger partial charge on any atom is 0.302 e. The average Bonchev–Trinajstić information content (AvgIpc) is 1.97. The Hall–Kier alpha value is -0.380. The van der Waals surface area contributed by atoms with Crippen LogP contribution < -0.4 is 0 Å². The second-order valence-electron chi connectivity index (χ2n) is 2.13. The highest BCUT2D eigenvalue weighted by Gasteiger charge is 2.00. The van der Waals surface area contributed by atoms with Crippen LogP contribution >= 0.6 is 15.9 Å². The highest BCUT2D eigenvalue weighted by atomic mass is 79.9. The van der Waals surface area contributed by atoms with Gasteiger partial charge in [0.25, 0.3) is 0 Å². The SMILES string of the molecule is CC(=O)OCCCC(Br)C=O. The lowest BCUT2D eigenvalue weighted by molar-refractivity contribution is -0.141.